The summed E-state index contributed by atoms with van der Waals surface area (Å²) < 4.78 is 71.9. The number of phenols is 1. The van der Waals surface area contributed by atoms with Crippen LogP contribution in [-0.4, -0.2) is 58.8 Å². The lowest BCUT2D eigenvalue weighted by Gasteiger charge is -2.34. The van der Waals surface area contributed by atoms with Crippen molar-refractivity contribution in [2.24, 2.45) is 4.99 Å². The Morgan fingerprint density at radius 3 is 2.47 bits per heavy atom. The Labute approximate surface area is 222 Å². The molecule has 0 spiro atoms. The van der Waals surface area contributed by atoms with Crippen molar-refractivity contribution in [2.45, 2.75) is 63.6 Å². The first-order valence-electron chi connectivity index (χ1n) is 12.0. The zero-order valence-electron chi connectivity index (χ0n) is 21.9. The highest BCUT2D eigenvalue weighted by molar-refractivity contribution is 7.94. The molecule has 0 unspecified atom stereocenters. The third-order valence-corrected chi connectivity index (χ3v) is 9.46. The molecule has 1 atom stereocenters. The predicted octanol–water partition coefficient (Wildman–Crippen LogP) is 3.18. The van der Waals surface area contributed by atoms with Crippen molar-refractivity contribution in [1.82, 2.24) is 9.03 Å². The van der Waals surface area contributed by atoms with Crippen LogP contribution in [0, 0.1) is 0 Å². The minimum Gasteiger partial charge on any atom is -0.504 e. The molecule has 3 N–H and O–H groups in total. The van der Waals surface area contributed by atoms with Crippen molar-refractivity contribution in [2.75, 3.05) is 19.4 Å². The van der Waals surface area contributed by atoms with E-state index in [1.165, 1.54) is 32.3 Å². The monoisotopic (exact) mass is 568 g/mol. The van der Waals surface area contributed by atoms with Gasteiger partial charge in [0, 0.05) is 14.1 Å². The van der Waals surface area contributed by atoms with Crippen LogP contribution >= 0.6 is 0 Å². The maximum Gasteiger partial charge on any atom is 0.266 e. The van der Waals surface area contributed by atoms with Gasteiger partial charge >= 0.3 is 0 Å². The summed E-state index contributed by atoms with van der Waals surface area (Å²) in [4.78, 5) is 4.02. The SMILES string of the molecule is CC[C@@H](N=C1NS(=O)(=O)C(C2OC(C)O2)=C1Nc1cccc(S(=O)(=O)N(C)C)c1O)c1cc(C(C)C)co1. The highest BCUT2D eigenvalue weighted by Crippen LogP contribution is 2.38. The topological polar surface area (TPSA) is 160 Å². The molecule has 4 rings (SSSR count). The molecule has 2 aromatic rings. The van der Waals surface area contributed by atoms with Gasteiger partial charge in [-0.25, -0.2) is 21.1 Å². The molecule has 1 saturated heterocycles. The van der Waals surface area contributed by atoms with E-state index in [4.69, 9.17) is 13.9 Å². The Bertz CT molecular complexity index is 1490. The van der Waals surface area contributed by atoms with Gasteiger partial charge in [0.05, 0.1) is 12.0 Å². The van der Waals surface area contributed by atoms with Gasteiger partial charge in [0.15, 0.2) is 17.9 Å². The molecule has 2 aliphatic rings. The van der Waals surface area contributed by atoms with Gasteiger partial charge in [0.25, 0.3) is 10.0 Å². The van der Waals surface area contributed by atoms with E-state index < -0.39 is 44.4 Å². The molecule has 0 amide bonds. The molecule has 0 bridgehead atoms. The van der Waals surface area contributed by atoms with E-state index >= 15 is 0 Å². The first kappa shape index (κ1) is 28.1. The fourth-order valence-corrected chi connectivity index (χ4v) is 6.24. The standard InChI is InChI=1S/C24H32N4O8S2/c1-7-16(18-11-15(12-34-18)13(2)3)26-23-20(22(37(30,31)27-23)24-35-14(4)36-24)25-17-9-8-10-19(21(17)29)38(32,33)28(5)6/h8-14,16,24-25,29H,7H2,1-6H3,(H,26,27)/t14?,16-,24?/m1/s1. The molecule has 0 saturated carbocycles. The maximum atomic E-state index is 13.2. The minimum absolute atomic E-state index is 0.0364. The molecule has 208 valence electrons. The number of aliphatic imine (C=N–C) groups is 1. The van der Waals surface area contributed by atoms with Gasteiger partial charge in [-0.15, -0.1) is 0 Å². The van der Waals surface area contributed by atoms with Crippen LogP contribution in [0.1, 0.15) is 57.4 Å². The Morgan fingerprint density at radius 2 is 1.92 bits per heavy atom. The number of rotatable bonds is 9. The third-order valence-electron chi connectivity index (χ3n) is 6.17. The number of anilines is 1. The number of hydrogen-bond acceptors (Lipinski definition) is 10. The number of sulfonamides is 2. The number of para-hydroxylation sites is 1. The first-order chi connectivity index (χ1) is 17.8. The van der Waals surface area contributed by atoms with Crippen LogP contribution in [0.2, 0.25) is 0 Å². The first-order valence-corrected chi connectivity index (χ1v) is 14.9. The number of ether oxygens (including phenoxy) is 2. The number of furan rings is 1. The normalized spacial score (nSPS) is 23.1. The van der Waals surface area contributed by atoms with Crippen molar-refractivity contribution in [3.8, 4) is 5.75 Å². The number of nitrogens with one attached hydrogen (secondary N) is 2. The lowest BCUT2D eigenvalue weighted by molar-refractivity contribution is -0.356. The van der Waals surface area contributed by atoms with Crippen LogP contribution in [-0.2, 0) is 29.5 Å². The summed E-state index contributed by atoms with van der Waals surface area (Å²) in [6.45, 7) is 7.56. The lowest BCUT2D eigenvalue weighted by atomic mass is 10.1. The Kier molecular flexibility index (Phi) is 7.65. The van der Waals surface area contributed by atoms with Crippen molar-refractivity contribution in [3.63, 3.8) is 0 Å². The molecule has 1 fully saturated rings. The van der Waals surface area contributed by atoms with Gasteiger partial charge in [-0.05, 0) is 43.0 Å². The van der Waals surface area contributed by atoms with E-state index in [-0.39, 0.29) is 32.9 Å². The fraction of sp³-hybridized carbons (Fsp3) is 0.458. The predicted molar refractivity (Wildman–Crippen MR) is 140 cm³/mol. The van der Waals surface area contributed by atoms with E-state index in [2.05, 4.69) is 15.0 Å². The molecule has 14 heteroatoms. The Hall–Kier alpha value is -2.91. The minimum atomic E-state index is -4.15. The number of benzene rings is 1. The summed E-state index contributed by atoms with van der Waals surface area (Å²) in [6.07, 6.45) is 0.306. The number of nitrogens with zero attached hydrogens (tertiary/aromatic N) is 2. The fourth-order valence-electron chi connectivity index (χ4n) is 3.94. The van der Waals surface area contributed by atoms with Crippen molar-refractivity contribution in [1.29, 1.82) is 0 Å². The van der Waals surface area contributed by atoms with E-state index in [9.17, 15) is 21.9 Å². The van der Waals surface area contributed by atoms with Crippen LogP contribution in [0.3, 0.4) is 0 Å². The van der Waals surface area contributed by atoms with E-state index in [0.29, 0.717) is 12.2 Å². The molecule has 1 aromatic heterocycles. The zero-order valence-corrected chi connectivity index (χ0v) is 23.6. The number of amidine groups is 1. The second-order valence-corrected chi connectivity index (χ2v) is 13.2. The molecule has 2 aliphatic heterocycles. The number of hydrogen-bond donors (Lipinski definition) is 3. The van der Waals surface area contributed by atoms with E-state index in [1.54, 1.807) is 13.2 Å². The quantitative estimate of drug-likeness (QED) is 0.386. The van der Waals surface area contributed by atoms with E-state index in [0.717, 1.165) is 9.87 Å². The highest BCUT2D eigenvalue weighted by atomic mass is 32.2. The van der Waals surface area contributed by atoms with Crippen molar-refractivity contribution >= 4 is 31.6 Å². The smallest absolute Gasteiger partial charge is 0.266 e. The number of phenolic OH excluding ortho intramolecular Hbond substituents is 1. The summed E-state index contributed by atoms with van der Waals surface area (Å²) in [5.74, 6) is 0.152. The molecule has 1 aromatic carbocycles. The van der Waals surface area contributed by atoms with E-state index in [1.807, 2.05) is 26.8 Å². The van der Waals surface area contributed by atoms with Crippen molar-refractivity contribution < 1.29 is 35.8 Å². The second kappa shape index (κ2) is 10.3. The maximum absolute atomic E-state index is 13.2. The summed E-state index contributed by atoms with van der Waals surface area (Å²) in [5, 5.41) is 13.7. The van der Waals surface area contributed by atoms with Gasteiger partial charge in [0.1, 0.15) is 27.3 Å². The number of aromatic hydroxyl groups is 1. The average molecular weight is 569 g/mol. The summed E-state index contributed by atoms with van der Waals surface area (Å²) in [6, 6.07) is 5.44. The molecule has 38 heavy (non-hydrogen) atoms. The summed E-state index contributed by atoms with van der Waals surface area (Å²) in [7, 11) is -5.47. The molecular weight excluding hydrogens is 536 g/mol. The summed E-state index contributed by atoms with van der Waals surface area (Å²) >= 11 is 0. The molecule has 0 aliphatic carbocycles. The average Bonchev–Trinajstić information content (AvgIpc) is 3.39. The van der Waals surface area contributed by atoms with Crippen LogP contribution in [0.5, 0.6) is 5.75 Å². The largest absolute Gasteiger partial charge is 0.504 e. The van der Waals surface area contributed by atoms with Gasteiger partial charge in [0.2, 0.25) is 16.3 Å². The Morgan fingerprint density at radius 1 is 1.24 bits per heavy atom. The van der Waals surface area contributed by atoms with Crippen molar-refractivity contribution in [3.05, 3.63) is 52.5 Å². The van der Waals surface area contributed by atoms with Crippen LogP contribution in [0.4, 0.5) is 5.69 Å². The highest BCUT2D eigenvalue weighted by Gasteiger charge is 2.46. The van der Waals surface area contributed by atoms with Crippen LogP contribution in [0.25, 0.3) is 0 Å². The van der Waals surface area contributed by atoms with Gasteiger partial charge in [-0.1, -0.05) is 26.8 Å². The molecule has 12 nitrogen and oxygen atoms in total. The van der Waals surface area contributed by atoms with Gasteiger partial charge in [-0.3, -0.25) is 9.71 Å². The molecule has 0 radical (unpaired) electrons. The van der Waals surface area contributed by atoms with Gasteiger partial charge in [-0.2, -0.15) is 0 Å². The lowest BCUT2D eigenvalue weighted by Crippen LogP contribution is -2.42. The van der Waals surface area contributed by atoms with Crippen LogP contribution < -0.4 is 10.0 Å². The Balaban J connectivity index is 1.82. The van der Waals surface area contributed by atoms with Crippen LogP contribution in [0.15, 0.2) is 55.4 Å². The summed E-state index contributed by atoms with van der Waals surface area (Å²) in [5.41, 5.74) is 0.896. The molecular formula is C24H32N4O8S2. The molecule has 3 heterocycles. The van der Waals surface area contributed by atoms with Gasteiger partial charge < -0.3 is 24.3 Å². The second-order valence-electron chi connectivity index (χ2n) is 9.42. The zero-order chi connectivity index (χ0) is 28.0. The third kappa shape index (κ3) is 5.18.